The van der Waals surface area contributed by atoms with Gasteiger partial charge in [-0.2, -0.15) is 0 Å². The molecule has 0 aromatic carbocycles. The number of esters is 1. The molecule has 0 fully saturated rings. The first kappa shape index (κ1) is 10.7. The van der Waals surface area contributed by atoms with Crippen molar-refractivity contribution in [3.63, 3.8) is 0 Å². The summed E-state index contributed by atoms with van der Waals surface area (Å²) >= 11 is 0. The van der Waals surface area contributed by atoms with Crippen LogP contribution in [0.15, 0.2) is 12.3 Å². The molecule has 1 aromatic heterocycles. The molecule has 0 saturated heterocycles. The summed E-state index contributed by atoms with van der Waals surface area (Å²) in [5.74, 6) is -0.179. The van der Waals surface area contributed by atoms with Gasteiger partial charge in [0.2, 0.25) is 0 Å². The first-order chi connectivity index (χ1) is 6.65. The number of pyridine rings is 1. The molecular formula is C11H15NO2. The summed E-state index contributed by atoms with van der Waals surface area (Å²) in [6, 6.07) is 1.86. The Morgan fingerprint density at radius 1 is 1.50 bits per heavy atom. The van der Waals surface area contributed by atoms with Crippen LogP contribution in [0.1, 0.15) is 23.7 Å². The number of hydrogen-bond donors (Lipinski definition) is 0. The van der Waals surface area contributed by atoms with Crippen LogP contribution in [0.4, 0.5) is 0 Å². The van der Waals surface area contributed by atoms with Crippen LogP contribution in [0.3, 0.4) is 0 Å². The molecule has 1 aromatic rings. The fraction of sp³-hybridized carbons (Fsp3) is 0.455. The van der Waals surface area contributed by atoms with Gasteiger partial charge in [0.1, 0.15) is 0 Å². The van der Waals surface area contributed by atoms with Crippen LogP contribution < -0.4 is 0 Å². The lowest BCUT2D eigenvalue weighted by molar-refractivity contribution is -0.142. The Labute approximate surface area is 84.1 Å². The minimum Gasteiger partial charge on any atom is -0.466 e. The van der Waals surface area contributed by atoms with E-state index in [4.69, 9.17) is 4.74 Å². The summed E-state index contributed by atoms with van der Waals surface area (Å²) < 4.78 is 4.88. The molecule has 0 spiro atoms. The van der Waals surface area contributed by atoms with E-state index in [0.29, 0.717) is 13.0 Å². The third-order valence-corrected chi connectivity index (χ3v) is 2.21. The fourth-order valence-corrected chi connectivity index (χ4v) is 1.25. The molecule has 1 heterocycles. The number of aromatic nitrogens is 1. The number of carbonyl (C=O) groups is 1. The van der Waals surface area contributed by atoms with E-state index in [1.807, 2.05) is 26.8 Å². The third kappa shape index (κ3) is 2.55. The summed E-state index contributed by atoms with van der Waals surface area (Å²) in [5, 5.41) is 0. The molecule has 1 rings (SSSR count). The summed E-state index contributed by atoms with van der Waals surface area (Å²) in [6.07, 6.45) is 2.06. The predicted octanol–water partition coefficient (Wildman–Crippen LogP) is 1.80. The van der Waals surface area contributed by atoms with E-state index in [0.717, 1.165) is 16.8 Å². The molecule has 3 heteroatoms. The maximum absolute atomic E-state index is 11.2. The van der Waals surface area contributed by atoms with E-state index in [1.54, 1.807) is 6.20 Å². The van der Waals surface area contributed by atoms with Crippen LogP contribution in [0.2, 0.25) is 0 Å². The van der Waals surface area contributed by atoms with Crippen LogP contribution in [-0.2, 0) is 16.0 Å². The highest BCUT2D eigenvalue weighted by atomic mass is 16.5. The molecule has 0 aliphatic heterocycles. The molecule has 0 aliphatic carbocycles. The molecule has 0 amide bonds. The van der Waals surface area contributed by atoms with Gasteiger partial charge in [-0.1, -0.05) is 0 Å². The van der Waals surface area contributed by atoms with E-state index >= 15 is 0 Å². The minimum atomic E-state index is -0.179. The third-order valence-electron chi connectivity index (χ3n) is 2.21. The Bertz CT molecular complexity index is 334. The zero-order valence-corrected chi connectivity index (χ0v) is 8.83. The highest BCUT2D eigenvalue weighted by Gasteiger charge is 2.07. The molecule has 76 valence electrons. The lowest BCUT2D eigenvalue weighted by atomic mass is 10.1. The monoisotopic (exact) mass is 193 g/mol. The number of ether oxygens (including phenoxy) is 1. The Hall–Kier alpha value is -1.38. The predicted molar refractivity (Wildman–Crippen MR) is 54.0 cm³/mol. The van der Waals surface area contributed by atoms with Gasteiger partial charge >= 0.3 is 5.97 Å². The smallest absolute Gasteiger partial charge is 0.310 e. The summed E-state index contributed by atoms with van der Waals surface area (Å²) in [5.41, 5.74) is 3.03. The van der Waals surface area contributed by atoms with Gasteiger partial charge in [0.25, 0.3) is 0 Å². The lowest BCUT2D eigenvalue weighted by Crippen LogP contribution is -2.09. The normalized spacial score (nSPS) is 9.93. The highest BCUT2D eigenvalue weighted by molar-refractivity contribution is 5.73. The van der Waals surface area contributed by atoms with Gasteiger partial charge in [0.15, 0.2) is 0 Å². The summed E-state index contributed by atoms with van der Waals surface area (Å²) in [6.45, 7) is 6.14. The Morgan fingerprint density at radius 2 is 2.21 bits per heavy atom. The van der Waals surface area contributed by atoms with Crippen molar-refractivity contribution in [1.29, 1.82) is 0 Å². The average molecular weight is 193 g/mol. The molecule has 0 N–H and O–H groups in total. The van der Waals surface area contributed by atoms with Gasteiger partial charge in [-0.05, 0) is 38.0 Å². The average Bonchev–Trinajstić information content (AvgIpc) is 2.13. The van der Waals surface area contributed by atoms with Crippen molar-refractivity contribution in [1.82, 2.24) is 4.98 Å². The van der Waals surface area contributed by atoms with Crippen molar-refractivity contribution in [2.45, 2.75) is 27.2 Å². The van der Waals surface area contributed by atoms with Crippen LogP contribution in [-0.4, -0.2) is 17.6 Å². The second-order valence-corrected chi connectivity index (χ2v) is 3.16. The maximum atomic E-state index is 11.2. The number of carbonyl (C=O) groups excluding carboxylic acids is 1. The van der Waals surface area contributed by atoms with Gasteiger partial charge < -0.3 is 4.74 Å². The summed E-state index contributed by atoms with van der Waals surface area (Å²) in [7, 11) is 0. The topological polar surface area (TPSA) is 39.2 Å². The van der Waals surface area contributed by atoms with Crippen molar-refractivity contribution in [2.24, 2.45) is 0 Å². The number of hydrogen-bond acceptors (Lipinski definition) is 3. The van der Waals surface area contributed by atoms with Gasteiger partial charge in [0.05, 0.1) is 13.0 Å². The largest absolute Gasteiger partial charge is 0.466 e. The second-order valence-electron chi connectivity index (χ2n) is 3.16. The van der Waals surface area contributed by atoms with E-state index in [-0.39, 0.29) is 5.97 Å². The van der Waals surface area contributed by atoms with E-state index in [1.165, 1.54) is 0 Å². The van der Waals surface area contributed by atoms with Crippen molar-refractivity contribution in [3.05, 3.63) is 29.1 Å². The summed E-state index contributed by atoms with van der Waals surface area (Å²) in [4.78, 5) is 15.4. The standard InChI is InChI=1S/C11H15NO2/c1-4-14-11(13)7-10-5-6-12-9(3)8(10)2/h5-6H,4,7H2,1-3H3. The van der Waals surface area contributed by atoms with Crippen molar-refractivity contribution < 1.29 is 9.53 Å². The van der Waals surface area contributed by atoms with Crippen LogP contribution in [0.5, 0.6) is 0 Å². The molecule has 0 atom stereocenters. The van der Waals surface area contributed by atoms with E-state index in [9.17, 15) is 4.79 Å². The lowest BCUT2D eigenvalue weighted by Gasteiger charge is -2.06. The van der Waals surface area contributed by atoms with Crippen LogP contribution in [0, 0.1) is 13.8 Å². The number of aryl methyl sites for hydroxylation is 1. The van der Waals surface area contributed by atoms with Crippen molar-refractivity contribution in [3.8, 4) is 0 Å². The molecule has 0 radical (unpaired) electrons. The van der Waals surface area contributed by atoms with Gasteiger partial charge in [0, 0.05) is 11.9 Å². The second kappa shape index (κ2) is 4.74. The Morgan fingerprint density at radius 3 is 2.86 bits per heavy atom. The van der Waals surface area contributed by atoms with Crippen molar-refractivity contribution in [2.75, 3.05) is 6.61 Å². The molecule has 14 heavy (non-hydrogen) atoms. The quantitative estimate of drug-likeness (QED) is 0.687. The SMILES string of the molecule is CCOC(=O)Cc1ccnc(C)c1C. The van der Waals surface area contributed by atoms with E-state index < -0.39 is 0 Å². The molecule has 0 bridgehead atoms. The van der Waals surface area contributed by atoms with Gasteiger partial charge in [-0.15, -0.1) is 0 Å². The fourth-order valence-electron chi connectivity index (χ4n) is 1.25. The van der Waals surface area contributed by atoms with Crippen LogP contribution in [0.25, 0.3) is 0 Å². The number of rotatable bonds is 3. The van der Waals surface area contributed by atoms with Gasteiger partial charge in [-0.3, -0.25) is 9.78 Å². The maximum Gasteiger partial charge on any atom is 0.310 e. The Balaban J connectivity index is 2.76. The Kier molecular flexibility index (Phi) is 3.63. The van der Waals surface area contributed by atoms with Crippen molar-refractivity contribution >= 4 is 5.97 Å². The van der Waals surface area contributed by atoms with Crippen LogP contribution >= 0.6 is 0 Å². The minimum absolute atomic E-state index is 0.179. The zero-order valence-electron chi connectivity index (χ0n) is 8.83. The highest BCUT2D eigenvalue weighted by Crippen LogP contribution is 2.11. The molecule has 0 aliphatic rings. The molecule has 0 unspecified atom stereocenters. The number of nitrogens with zero attached hydrogens (tertiary/aromatic N) is 1. The zero-order chi connectivity index (χ0) is 10.6. The molecule has 3 nitrogen and oxygen atoms in total. The first-order valence-corrected chi connectivity index (χ1v) is 4.71. The molecule has 0 saturated carbocycles. The molecular weight excluding hydrogens is 178 g/mol. The van der Waals surface area contributed by atoms with Gasteiger partial charge in [-0.25, -0.2) is 0 Å². The first-order valence-electron chi connectivity index (χ1n) is 4.71. The van der Waals surface area contributed by atoms with E-state index in [2.05, 4.69) is 4.98 Å².